The molecule has 0 atom stereocenters. The summed E-state index contributed by atoms with van der Waals surface area (Å²) in [5.74, 6) is -0.544. The van der Waals surface area contributed by atoms with E-state index < -0.39 is 11.8 Å². The molecule has 3 rings (SSSR count). The molecule has 0 bridgehead atoms. The highest BCUT2D eigenvalue weighted by molar-refractivity contribution is 9.10. The second kappa shape index (κ2) is 8.87. The third-order valence-electron chi connectivity index (χ3n) is 3.66. The number of carbonyl (C=O) groups excluding carboxylic acids is 2. The van der Waals surface area contributed by atoms with E-state index in [-0.39, 0.29) is 5.11 Å². The third kappa shape index (κ3) is 4.44. The quantitative estimate of drug-likeness (QED) is 0.371. The summed E-state index contributed by atoms with van der Waals surface area (Å²) >= 11 is 15.9. The highest BCUT2D eigenvalue weighted by atomic mass is 79.9. The monoisotopic (exact) mass is 497 g/mol. The molecular weight excluding hydrogens is 486 g/mol. The van der Waals surface area contributed by atoms with Gasteiger partial charge >= 0.3 is 0 Å². The van der Waals surface area contributed by atoms with Crippen molar-refractivity contribution in [1.29, 1.82) is 0 Å². The molecule has 0 spiro atoms. The SMILES string of the molecule is COc1ccc(Br)cc1C(=O)NC(=S)NNC(=O)c1sc2ccccc2c1Cl. The van der Waals surface area contributed by atoms with Crippen molar-refractivity contribution >= 4 is 78.1 Å². The molecule has 0 unspecified atom stereocenters. The topological polar surface area (TPSA) is 79.5 Å². The lowest BCUT2D eigenvalue weighted by molar-refractivity contribution is 0.0937. The Labute approximate surface area is 183 Å². The standard InChI is InChI=1S/C18H13BrClN3O3S2/c1-26-12-7-6-9(19)8-11(12)16(24)21-18(27)23-22-17(25)15-14(20)10-4-2-3-5-13(10)28-15/h2-8H,1H3,(H,22,25)(H2,21,23,24,27). The number of hydrogen-bond donors (Lipinski definition) is 3. The van der Waals surface area contributed by atoms with Gasteiger partial charge in [0.1, 0.15) is 10.6 Å². The van der Waals surface area contributed by atoms with Crippen LogP contribution < -0.4 is 20.9 Å². The number of fused-ring (bicyclic) bond motifs is 1. The van der Waals surface area contributed by atoms with Crippen molar-refractivity contribution in [1.82, 2.24) is 16.2 Å². The molecule has 3 aromatic rings. The average molecular weight is 499 g/mol. The summed E-state index contributed by atoms with van der Waals surface area (Å²) in [7, 11) is 1.46. The number of rotatable bonds is 3. The molecule has 0 aliphatic rings. The molecule has 0 radical (unpaired) electrons. The molecule has 0 saturated heterocycles. The lowest BCUT2D eigenvalue weighted by atomic mass is 10.2. The fourth-order valence-electron chi connectivity index (χ4n) is 2.39. The van der Waals surface area contributed by atoms with Gasteiger partial charge in [0.2, 0.25) is 0 Å². The van der Waals surface area contributed by atoms with E-state index in [0.717, 1.165) is 10.1 Å². The van der Waals surface area contributed by atoms with Crippen molar-refractivity contribution in [2.24, 2.45) is 0 Å². The van der Waals surface area contributed by atoms with E-state index in [1.54, 1.807) is 18.2 Å². The van der Waals surface area contributed by atoms with Crippen LogP contribution in [0.5, 0.6) is 5.75 Å². The first-order valence-electron chi connectivity index (χ1n) is 7.83. The molecule has 1 aromatic heterocycles. The fraction of sp³-hybridized carbons (Fsp3) is 0.0556. The Morgan fingerprint density at radius 1 is 1.14 bits per heavy atom. The Morgan fingerprint density at radius 2 is 1.89 bits per heavy atom. The van der Waals surface area contributed by atoms with E-state index in [1.165, 1.54) is 18.4 Å². The predicted molar refractivity (Wildman–Crippen MR) is 118 cm³/mol. The largest absolute Gasteiger partial charge is 0.496 e. The van der Waals surface area contributed by atoms with E-state index in [0.29, 0.717) is 25.7 Å². The van der Waals surface area contributed by atoms with Crippen LogP contribution in [0, 0.1) is 0 Å². The number of nitrogens with one attached hydrogen (secondary N) is 3. The van der Waals surface area contributed by atoms with Crippen LogP contribution in [0.4, 0.5) is 0 Å². The lowest BCUT2D eigenvalue weighted by Gasteiger charge is -2.12. The molecule has 2 aromatic carbocycles. The molecular formula is C18H13BrClN3O3S2. The molecule has 1 heterocycles. The van der Waals surface area contributed by atoms with Gasteiger partial charge in [-0.15, -0.1) is 11.3 Å². The summed E-state index contributed by atoms with van der Waals surface area (Å²) in [6.45, 7) is 0. The number of thiophene rings is 1. The van der Waals surface area contributed by atoms with E-state index in [9.17, 15) is 9.59 Å². The summed E-state index contributed by atoms with van der Waals surface area (Å²) in [6.07, 6.45) is 0. The number of amides is 2. The van der Waals surface area contributed by atoms with Crippen molar-refractivity contribution < 1.29 is 14.3 Å². The zero-order valence-corrected chi connectivity index (χ0v) is 18.3. The number of benzene rings is 2. The average Bonchev–Trinajstić information content (AvgIpc) is 3.03. The molecule has 2 amide bonds. The maximum Gasteiger partial charge on any atom is 0.281 e. The summed E-state index contributed by atoms with van der Waals surface area (Å²) in [5.41, 5.74) is 5.23. The highest BCUT2D eigenvalue weighted by Crippen LogP contribution is 2.34. The van der Waals surface area contributed by atoms with Crippen LogP contribution in [0.2, 0.25) is 5.02 Å². The van der Waals surface area contributed by atoms with Gasteiger partial charge in [0.25, 0.3) is 11.8 Å². The van der Waals surface area contributed by atoms with Crippen molar-refractivity contribution in [2.45, 2.75) is 0 Å². The molecule has 28 heavy (non-hydrogen) atoms. The van der Waals surface area contributed by atoms with Gasteiger partial charge in [0.05, 0.1) is 17.7 Å². The summed E-state index contributed by atoms with van der Waals surface area (Å²) in [4.78, 5) is 25.1. The van der Waals surface area contributed by atoms with Crippen LogP contribution in [0.1, 0.15) is 20.0 Å². The van der Waals surface area contributed by atoms with Crippen LogP contribution in [0.25, 0.3) is 10.1 Å². The Balaban J connectivity index is 1.64. The first-order valence-corrected chi connectivity index (χ1v) is 10.2. The number of ether oxygens (including phenoxy) is 1. The number of halogens is 2. The minimum absolute atomic E-state index is 0.0717. The van der Waals surface area contributed by atoms with Crippen LogP contribution in [0.15, 0.2) is 46.9 Å². The molecule has 10 heteroatoms. The van der Waals surface area contributed by atoms with Gasteiger partial charge < -0.3 is 4.74 Å². The number of thiocarbonyl (C=S) groups is 1. The Bertz CT molecular complexity index is 1090. The minimum atomic E-state index is -0.482. The fourth-order valence-corrected chi connectivity index (χ4v) is 4.31. The highest BCUT2D eigenvalue weighted by Gasteiger charge is 2.18. The van der Waals surface area contributed by atoms with Gasteiger partial charge in [-0.3, -0.25) is 25.8 Å². The second-order valence-electron chi connectivity index (χ2n) is 5.45. The van der Waals surface area contributed by atoms with Gasteiger partial charge in [0.15, 0.2) is 5.11 Å². The van der Waals surface area contributed by atoms with Crippen LogP contribution >= 0.6 is 51.1 Å². The molecule has 0 aliphatic carbocycles. The van der Waals surface area contributed by atoms with Gasteiger partial charge in [0, 0.05) is 14.6 Å². The number of methoxy groups -OCH3 is 1. The first kappa shape index (κ1) is 20.5. The van der Waals surface area contributed by atoms with Crippen LogP contribution in [-0.4, -0.2) is 24.0 Å². The Hall–Kier alpha value is -2.20. The third-order valence-corrected chi connectivity index (χ3v) is 6.04. The molecule has 3 N–H and O–H groups in total. The lowest BCUT2D eigenvalue weighted by Crippen LogP contribution is -2.48. The second-order valence-corrected chi connectivity index (χ2v) is 8.20. The molecule has 144 valence electrons. The zero-order valence-electron chi connectivity index (χ0n) is 14.3. The van der Waals surface area contributed by atoms with E-state index in [1.807, 2.05) is 24.3 Å². The zero-order chi connectivity index (χ0) is 20.3. The van der Waals surface area contributed by atoms with Crippen LogP contribution in [0.3, 0.4) is 0 Å². The van der Waals surface area contributed by atoms with Crippen molar-refractivity contribution in [3.05, 3.63) is 62.4 Å². The summed E-state index contributed by atoms with van der Waals surface area (Å²) in [6, 6.07) is 12.5. The Kier molecular flexibility index (Phi) is 6.50. The maximum absolute atomic E-state index is 12.4. The smallest absolute Gasteiger partial charge is 0.281 e. The van der Waals surface area contributed by atoms with E-state index >= 15 is 0 Å². The van der Waals surface area contributed by atoms with E-state index in [4.69, 9.17) is 28.6 Å². The van der Waals surface area contributed by atoms with Gasteiger partial charge in [-0.25, -0.2) is 0 Å². The molecule has 0 saturated carbocycles. The molecule has 0 aliphatic heterocycles. The normalized spacial score (nSPS) is 10.4. The van der Waals surface area contributed by atoms with Crippen molar-refractivity contribution in [2.75, 3.05) is 7.11 Å². The molecule has 0 fully saturated rings. The maximum atomic E-state index is 12.4. The number of hydrogen-bond acceptors (Lipinski definition) is 5. The van der Waals surface area contributed by atoms with Gasteiger partial charge in [-0.2, -0.15) is 0 Å². The number of carbonyl (C=O) groups is 2. The van der Waals surface area contributed by atoms with Crippen LogP contribution in [-0.2, 0) is 0 Å². The Morgan fingerprint density at radius 3 is 2.61 bits per heavy atom. The number of hydrazine groups is 1. The predicted octanol–water partition coefficient (Wildman–Crippen LogP) is 4.28. The summed E-state index contributed by atoms with van der Waals surface area (Å²) in [5, 5.41) is 3.58. The van der Waals surface area contributed by atoms with Crippen molar-refractivity contribution in [3.8, 4) is 5.75 Å². The van der Waals surface area contributed by atoms with Gasteiger partial charge in [-0.05, 0) is 36.5 Å². The van der Waals surface area contributed by atoms with Crippen molar-refractivity contribution in [3.63, 3.8) is 0 Å². The van der Waals surface area contributed by atoms with Gasteiger partial charge in [-0.1, -0.05) is 45.7 Å². The summed E-state index contributed by atoms with van der Waals surface area (Å²) < 4.78 is 6.78. The first-order chi connectivity index (χ1) is 13.4. The molecule has 6 nitrogen and oxygen atoms in total. The van der Waals surface area contributed by atoms with E-state index in [2.05, 4.69) is 32.1 Å². The minimum Gasteiger partial charge on any atom is -0.496 e.